The first-order valence-corrected chi connectivity index (χ1v) is 15.5. The van der Waals surface area contributed by atoms with Gasteiger partial charge in [-0.3, -0.25) is 9.78 Å². The number of methoxy groups -OCH3 is 1. The molecule has 1 fully saturated rings. The Hall–Kier alpha value is -4.10. The van der Waals surface area contributed by atoms with Crippen molar-refractivity contribution in [3.8, 4) is 23.0 Å². The number of hydrogen-bond acceptors (Lipinski definition) is 9. The second-order valence-electron chi connectivity index (χ2n) is 10.8. The number of β-amino-alcohol motifs (C(OH)–C–C–N with tert-alkyl or cyclic N) is 1. The molecule has 1 aliphatic heterocycles. The molecule has 3 aromatic carbocycles. The van der Waals surface area contributed by atoms with E-state index in [2.05, 4.69) is 28.0 Å². The zero-order valence-corrected chi connectivity index (χ0v) is 26.8. The summed E-state index contributed by atoms with van der Waals surface area (Å²) in [5.74, 6) is -0.317. The summed E-state index contributed by atoms with van der Waals surface area (Å²) < 4.78 is 33.1. The number of thiol groups is 1. The van der Waals surface area contributed by atoms with E-state index in [1.54, 1.807) is 42.5 Å². The van der Waals surface area contributed by atoms with E-state index in [4.69, 9.17) is 25.8 Å². The highest BCUT2D eigenvalue weighted by molar-refractivity contribution is 7.79. The standard InChI is InChI=1S/C33H34ClFN4O6S/c1-43-30-17-25-27(18-31(30)44-20-24(40)19-38-13-3-2-4-14-38)36-12-11-28(25)45-29-10-9-23(16-26(29)35)37-33(42)39(46)32(41)15-21-5-7-22(34)8-6-21/h5-12,16-18,24,40,46H,2-4,13-15,19-20H2,1H3,(H,37,42). The van der Waals surface area contributed by atoms with E-state index in [1.807, 2.05) is 0 Å². The van der Waals surface area contributed by atoms with Crippen LogP contribution in [-0.4, -0.2) is 70.7 Å². The van der Waals surface area contributed by atoms with Crippen LogP contribution >= 0.6 is 24.4 Å². The number of pyridine rings is 1. The number of piperidine rings is 1. The molecule has 2 N–H and O–H groups in total. The monoisotopic (exact) mass is 668 g/mol. The number of likely N-dealkylation sites (tertiary alicyclic amines) is 1. The van der Waals surface area contributed by atoms with Crippen molar-refractivity contribution in [2.75, 3.05) is 38.7 Å². The first kappa shape index (κ1) is 33.3. The Bertz CT molecular complexity index is 1690. The zero-order chi connectivity index (χ0) is 32.6. The van der Waals surface area contributed by atoms with Crippen molar-refractivity contribution in [1.29, 1.82) is 0 Å². The normalized spacial score (nSPS) is 14.0. The maximum absolute atomic E-state index is 15.1. The molecule has 1 saturated heterocycles. The SMILES string of the molecule is COc1cc2c(Oc3ccc(NC(=O)N(S)C(=O)Cc4ccc(Cl)cc4)cc3F)ccnc2cc1OCC(O)CN1CCCCC1. The number of nitrogens with one attached hydrogen (secondary N) is 1. The van der Waals surface area contributed by atoms with Crippen molar-refractivity contribution in [1.82, 2.24) is 14.2 Å². The summed E-state index contributed by atoms with van der Waals surface area (Å²) in [6.07, 6.45) is 4.27. The highest BCUT2D eigenvalue weighted by Crippen LogP contribution is 2.38. The topological polar surface area (TPSA) is 113 Å². The molecule has 4 aromatic rings. The number of imide groups is 1. The van der Waals surface area contributed by atoms with Crippen LogP contribution in [0.3, 0.4) is 0 Å². The van der Waals surface area contributed by atoms with E-state index in [0.717, 1.165) is 32.0 Å². The molecular weight excluding hydrogens is 635 g/mol. The minimum atomic E-state index is -0.848. The van der Waals surface area contributed by atoms with E-state index in [1.165, 1.54) is 31.9 Å². The number of fused-ring (bicyclic) bond motifs is 1. The van der Waals surface area contributed by atoms with Crippen LogP contribution in [0, 0.1) is 5.82 Å². The lowest BCUT2D eigenvalue weighted by atomic mass is 10.1. The number of aliphatic hydroxyl groups is 1. The van der Waals surface area contributed by atoms with Crippen molar-refractivity contribution in [3.63, 3.8) is 0 Å². The summed E-state index contributed by atoms with van der Waals surface area (Å²) >= 11 is 9.88. The summed E-state index contributed by atoms with van der Waals surface area (Å²) in [6.45, 7) is 2.57. The van der Waals surface area contributed by atoms with Crippen LogP contribution in [0.15, 0.2) is 66.9 Å². The fourth-order valence-electron chi connectivity index (χ4n) is 5.09. The summed E-state index contributed by atoms with van der Waals surface area (Å²) in [6, 6.07) is 14.6. The summed E-state index contributed by atoms with van der Waals surface area (Å²) in [4.78, 5) is 31.7. The lowest BCUT2D eigenvalue weighted by Gasteiger charge is -2.28. The molecule has 13 heteroatoms. The lowest BCUT2D eigenvalue weighted by molar-refractivity contribution is -0.123. The molecular formula is C33H34ClFN4O6S. The highest BCUT2D eigenvalue weighted by Gasteiger charge is 2.21. The molecule has 5 rings (SSSR count). The third-order valence-electron chi connectivity index (χ3n) is 7.44. The molecule has 0 radical (unpaired) electrons. The predicted octanol–water partition coefficient (Wildman–Crippen LogP) is 6.50. The van der Waals surface area contributed by atoms with Gasteiger partial charge in [-0.25, -0.2) is 13.5 Å². The Morgan fingerprint density at radius 3 is 2.52 bits per heavy atom. The van der Waals surface area contributed by atoms with Gasteiger partial charge >= 0.3 is 6.03 Å². The van der Waals surface area contributed by atoms with Crippen LogP contribution in [0.5, 0.6) is 23.0 Å². The van der Waals surface area contributed by atoms with Gasteiger partial charge in [0.2, 0.25) is 5.91 Å². The number of carbonyl (C=O) groups is 2. The van der Waals surface area contributed by atoms with E-state index < -0.39 is 23.9 Å². The Morgan fingerprint density at radius 1 is 1.04 bits per heavy atom. The maximum Gasteiger partial charge on any atom is 0.338 e. The van der Waals surface area contributed by atoms with Crippen LogP contribution in [0.1, 0.15) is 24.8 Å². The third kappa shape index (κ3) is 8.58. The second-order valence-corrected chi connectivity index (χ2v) is 11.7. The summed E-state index contributed by atoms with van der Waals surface area (Å²) in [7, 11) is 1.50. The number of aromatic nitrogens is 1. The Kier molecular flexibility index (Phi) is 11.2. The van der Waals surface area contributed by atoms with Crippen LogP contribution < -0.4 is 19.5 Å². The molecule has 2 heterocycles. The number of aliphatic hydroxyl groups excluding tert-OH is 1. The number of rotatable bonds is 11. The Morgan fingerprint density at radius 2 is 1.80 bits per heavy atom. The van der Waals surface area contributed by atoms with Gasteiger partial charge in [-0.05, 0) is 67.9 Å². The first-order chi connectivity index (χ1) is 22.2. The fraction of sp³-hybridized carbons (Fsp3) is 0.303. The van der Waals surface area contributed by atoms with Crippen molar-refractivity contribution >= 4 is 52.9 Å². The molecule has 0 saturated carbocycles. The van der Waals surface area contributed by atoms with Gasteiger partial charge < -0.3 is 29.5 Å². The average Bonchev–Trinajstić information content (AvgIpc) is 3.05. The molecule has 242 valence electrons. The molecule has 1 unspecified atom stereocenters. The number of anilines is 1. The van der Waals surface area contributed by atoms with Gasteiger partial charge in [-0.2, -0.15) is 0 Å². The van der Waals surface area contributed by atoms with Gasteiger partial charge in [0, 0.05) is 41.0 Å². The molecule has 0 aliphatic carbocycles. The van der Waals surface area contributed by atoms with Gasteiger partial charge in [0.15, 0.2) is 23.1 Å². The molecule has 10 nitrogen and oxygen atoms in total. The van der Waals surface area contributed by atoms with Gasteiger partial charge in [-0.15, -0.1) is 0 Å². The Balaban J connectivity index is 1.23. The highest BCUT2D eigenvalue weighted by atomic mass is 35.5. The van der Waals surface area contributed by atoms with E-state index in [9.17, 15) is 14.7 Å². The van der Waals surface area contributed by atoms with E-state index in [-0.39, 0.29) is 24.5 Å². The van der Waals surface area contributed by atoms with Crippen LogP contribution in [-0.2, 0) is 11.2 Å². The molecule has 46 heavy (non-hydrogen) atoms. The number of halogens is 2. The molecule has 1 atom stereocenters. The number of amides is 3. The summed E-state index contributed by atoms with van der Waals surface area (Å²) in [5.41, 5.74) is 1.26. The first-order valence-electron chi connectivity index (χ1n) is 14.7. The van der Waals surface area contributed by atoms with Crippen molar-refractivity contribution < 1.29 is 33.3 Å². The summed E-state index contributed by atoms with van der Waals surface area (Å²) in [5, 5.41) is 14.1. The van der Waals surface area contributed by atoms with Crippen molar-refractivity contribution in [2.45, 2.75) is 31.8 Å². The largest absolute Gasteiger partial charge is 0.493 e. The van der Waals surface area contributed by atoms with Gasteiger partial charge in [0.25, 0.3) is 0 Å². The van der Waals surface area contributed by atoms with Crippen LogP contribution in [0.4, 0.5) is 14.9 Å². The molecule has 3 amide bonds. The second kappa shape index (κ2) is 15.5. The van der Waals surface area contributed by atoms with Crippen LogP contribution in [0.2, 0.25) is 5.02 Å². The quantitative estimate of drug-likeness (QED) is 0.155. The minimum absolute atomic E-state index is 0.0752. The zero-order valence-electron chi connectivity index (χ0n) is 25.1. The number of nitrogens with zero attached hydrogens (tertiary/aromatic N) is 3. The van der Waals surface area contributed by atoms with Crippen LogP contribution in [0.25, 0.3) is 10.9 Å². The van der Waals surface area contributed by atoms with Gasteiger partial charge in [0.1, 0.15) is 18.5 Å². The average molecular weight is 669 g/mol. The number of hydrogen-bond donors (Lipinski definition) is 3. The number of urea groups is 1. The number of carbonyl (C=O) groups excluding carboxylic acids is 2. The molecule has 0 spiro atoms. The van der Waals surface area contributed by atoms with Gasteiger partial charge in [-0.1, -0.05) is 43.0 Å². The van der Waals surface area contributed by atoms with E-state index in [0.29, 0.717) is 49.6 Å². The number of benzene rings is 3. The number of ether oxygens (including phenoxy) is 3. The maximum atomic E-state index is 15.1. The van der Waals surface area contributed by atoms with Crippen molar-refractivity contribution in [3.05, 3.63) is 83.3 Å². The van der Waals surface area contributed by atoms with Gasteiger partial charge in [0.05, 0.1) is 19.0 Å². The van der Waals surface area contributed by atoms with Crippen molar-refractivity contribution in [2.24, 2.45) is 0 Å². The Labute approximate surface area is 276 Å². The van der Waals surface area contributed by atoms with E-state index >= 15 is 4.39 Å². The third-order valence-corrected chi connectivity index (χ3v) is 8.09. The lowest BCUT2D eigenvalue weighted by Crippen LogP contribution is -2.38. The molecule has 1 aromatic heterocycles. The predicted molar refractivity (Wildman–Crippen MR) is 177 cm³/mol. The fourth-order valence-corrected chi connectivity index (χ4v) is 5.34. The minimum Gasteiger partial charge on any atom is -0.493 e. The molecule has 1 aliphatic rings. The smallest absolute Gasteiger partial charge is 0.338 e. The molecule has 0 bridgehead atoms.